The van der Waals surface area contributed by atoms with Crippen LogP contribution in [-0.2, 0) is 12.0 Å². The van der Waals surface area contributed by atoms with E-state index in [2.05, 4.69) is 121 Å². The topological polar surface area (TPSA) is 6.25 Å². The van der Waals surface area contributed by atoms with Crippen molar-refractivity contribution in [3.05, 3.63) is 64.7 Å². The molecule has 4 rings (SSSR count). The van der Waals surface area contributed by atoms with Gasteiger partial charge in [-0.2, -0.15) is 0 Å². The van der Waals surface area contributed by atoms with Crippen LogP contribution in [-0.4, -0.2) is 22.0 Å². The van der Waals surface area contributed by atoms with E-state index in [1.807, 2.05) is 0 Å². The maximum Gasteiger partial charge on any atom is 0.256 e. The van der Waals surface area contributed by atoms with Crippen molar-refractivity contribution in [2.75, 3.05) is 4.90 Å². The molecule has 2 aromatic carbocycles. The molecular weight excluding hydrogens is 388 g/mol. The van der Waals surface area contributed by atoms with Gasteiger partial charge in [-0.3, -0.25) is 0 Å². The highest BCUT2D eigenvalue weighted by atomic mass is 15.4. The molecular formula is C30H43N2+. The van der Waals surface area contributed by atoms with E-state index < -0.39 is 0 Å². The summed E-state index contributed by atoms with van der Waals surface area (Å²) in [6.45, 7) is 23.9. The molecule has 1 heterocycles. The lowest BCUT2D eigenvalue weighted by atomic mass is 9.77. The third kappa shape index (κ3) is 2.94. The summed E-state index contributed by atoms with van der Waals surface area (Å²) in [5.41, 5.74) is 7.30. The minimum absolute atomic E-state index is 0.0464. The van der Waals surface area contributed by atoms with E-state index in [1.165, 1.54) is 33.8 Å². The molecule has 0 radical (unpaired) electrons. The first-order valence-electron chi connectivity index (χ1n) is 12.6. The second kappa shape index (κ2) is 7.75. The van der Waals surface area contributed by atoms with Crippen LogP contribution >= 0.6 is 0 Å². The predicted molar refractivity (Wildman–Crippen MR) is 138 cm³/mol. The smallest absolute Gasteiger partial charge is 0.249 e. The van der Waals surface area contributed by atoms with Crippen molar-refractivity contribution in [2.24, 2.45) is 5.92 Å². The van der Waals surface area contributed by atoms with Gasteiger partial charge in [0.05, 0.1) is 12.0 Å². The molecule has 2 aliphatic rings. The zero-order valence-electron chi connectivity index (χ0n) is 22.0. The first-order chi connectivity index (χ1) is 15.0. The SMILES string of the molecule is CC(C)C1=[N+](C(C)C)[C@@]2(C)c3ccccc3C[C@@]2(C)N1c1c(C(C)C)cccc1C(C)C. The minimum Gasteiger partial charge on any atom is -0.249 e. The molecule has 172 valence electrons. The summed E-state index contributed by atoms with van der Waals surface area (Å²) in [7, 11) is 0. The third-order valence-electron chi connectivity index (χ3n) is 8.18. The molecule has 1 aliphatic carbocycles. The zero-order valence-corrected chi connectivity index (χ0v) is 22.0. The number of fused-ring (bicyclic) bond motifs is 3. The molecule has 0 saturated heterocycles. The molecule has 0 fully saturated rings. The van der Waals surface area contributed by atoms with Gasteiger partial charge in [0.2, 0.25) is 0 Å². The van der Waals surface area contributed by atoms with Crippen LogP contribution in [0.5, 0.6) is 0 Å². The Hall–Kier alpha value is -2.09. The van der Waals surface area contributed by atoms with Crippen LogP contribution in [0.2, 0.25) is 0 Å². The number of benzene rings is 2. The highest BCUT2D eigenvalue weighted by Crippen LogP contribution is 2.57. The van der Waals surface area contributed by atoms with E-state index in [0.717, 1.165) is 6.42 Å². The molecule has 2 heteroatoms. The van der Waals surface area contributed by atoms with Crippen molar-refractivity contribution in [3.8, 4) is 0 Å². The van der Waals surface area contributed by atoms with E-state index >= 15 is 0 Å². The Balaban J connectivity index is 2.14. The minimum atomic E-state index is -0.0737. The monoisotopic (exact) mass is 431 g/mol. The predicted octanol–water partition coefficient (Wildman–Crippen LogP) is 7.46. The standard InChI is InChI=1S/C30H43N2/c1-19(2)24-15-13-16-25(20(3)4)27(24)32-28(21(5)6)31(22(7)8)30(10)26-17-12-11-14-23(26)18-29(30,32)9/h11-17,19-22H,18H2,1-10H3/q+1/t29-,30+/m1/s1. The number of para-hydroxylation sites is 1. The van der Waals surface area contributed by atoms with Crippen LogP contribution < -0.4 is 4.90 Å². The Morgan fingerprint density at radius 2 is 1.31 bits per heavy atom. The van der Waals surface area contributed by atoms with Crippen molar-refractivity contribution in [2.45, 2.75) is 105 Å². The molecule has 32 heavy (non-hydrogen) atoms. The molecule has 0 bridgehead atoms. The van der Waals surface area contributed by atoms with Gasteiger partial charge in [-0.25, -0.2) is 9.48 Å². The molecule has 0 aromatic heterocycles. The number of hydrogen-bond acceptors (Lipinski definition) is 1. The van der Waals surface area contributed by atoms with Crippen molar-refractivity contribution in [3.63, 3.8) is 0 Å². The Morgan fingerprint density at radius 3 is 1.81 bits per heavy atom. The van der Waals surface area contributed by atoms with Crippen LogP contribution in [0.4, 0.5) is 5.69 Å². The number of nitrogens with zero attached hydrogens (tertiary/aromatic N) is 2. The van der Waals surface area contributed by atoms with Gasteiger partial charge in [-0.15, -0.1) is 0 Å². The zero-order chi connectivity index (χ0) is 23.6. The van der Waals surface area contributed by atoms with Gasteiger partial charge < -0.3 is 0 Å². The number of hydrogen-bond donors (Lipinski definition) is 0. The maximum atomic E-state index is 2.81. The molecule has 2 aromatic rings. The Kier molecular flexibility index (Phi) is 5.59. The largest absolute Gasteiger partial charge is 0.256 e. The number of rotatable bonds is 5. The third-order valence-corrected chi connectivity index (χ3v) is 8.18. The van der Waals surface area contributed by atoms with Crippen molar-refractivity contribution in [1.82, 2.24) is 0 Å². The molecule has 2 atom stereocenters. The van der Waals surface area contributed by atoms with Crippen molar-refractivity contribution < 1.29 is 4.58 Å². The first kappa shape index (κ1) is 23.1. The van der Waals surface area contributed by atoms with E-state index in [1.54, 1.807) is 0 Å². The van der Waals surface area contributed by atoms with Gasteiger partial charge in [-0.1, -0.05) is 84.0 Å². The molecule has 2 nitrogen and oxygen atoms in total. The molecule has 0 spiro atoms. The first-order valence-corrected chi connectivity index (χ1v) is 12.6. The van der Waals surface area contributed by atoms with Gasteiger partial charge >= 0.3 is 0 Å². The van der Waals surface area contributed by atoms with E-state index in [0.29, 0.717) is 23.8 Å². The highest BCUT2D eigenvalue weighted by molar-refractivity contribution is 6.01. The second-order valence-corrected chi connectivity index (χ2v) is 11.6. The average Bonchev–Trinajstić information content (AvgIpc) is 3.06. The maximum absolute atomic E-state index is 2.81. The Bertz CT molecular complexity index is 1030. The normalized spacial score (nSPS) is 25.0. The van der Waals surface area contributed by atoms with E-state index in [4.69, 9.17) is 0 Å². The summed E-state index contributed by atoms with van der Waals surface area (Å²) in [6, 6.07) is 16.6. The molecule has 0 amide bonds. The molecule has 1 aliphatic heterocycles. The van der Waals surface area contributed by atoms with Crippen LogP contribution in [0.25, 0.3) is 0 Å². The lowest BCUT2D eigenvalue weighted by Crippen LogP contribution is -2.56. The fourth-order valence-corrected chi connectivity index (χ4v) is 6.71. The van der Waals surface area contributed by atoms with Crippen molar-refractivity contribution in [1.29, 1.82) is 0 Å². The van der Waals surface area contributed by atoms with Gasteiger partial charge in [0.25, 0.3) is 5.84 Å². The van der Waals surface area contributed by atoms with Gasteiger partial charge in [0.15, 0.2) is 11.1 Å². The van der Waals surface area contributed by atoms with Crippen LogP contribution in [0, 0.1) is 5.92 Å². The average molecular weight is 432 g/mol. The molecule has 0 unspecified atom stereocenters. The molecule has 0 saturated carbocycles. The van der Waals surface area contributed by atoms with Crippen LogP contribution in [0.3, 0.4) is 0 Å². The van der Waals surface area contributed by atoms with Crippen LogP contribution in [0.15, 0.2) is 42.5 Å². The summed E-state index contributed by atoms with van der Waals surface area (Å²) in [5.74, 6) is 2.87. The summed E-state index contributed by atoms with van der Waals surface area (Å²) < 4.78 is 2.77. The lowest BCUT2D eigenvalue weighted by Gasteiger charge is -2.39. The van der Waals surface area contributed by atoms with Gasteiger partial charge in [-0.05, 0) is 45.1 Å². The Labute approximate surface area is 196 Å². The van der Waals surface area contributed by atoms with Gasteiger partial charge in [0.1, 0.15) is 5.69 Å². The number of anilines is 1. The lowest BCUT2D eigenvalue weighted by molar-refractivity contribution is -0.639. The fraction of sp³-hybridized carbons (Fsp3) is 0.567. The summed E-state index contributed by atoms with van der Waals surface area (Å²) in [5, 5.41) is 0. The van der Waals surface area contributed by atoms with E-state index in [-0.39, 0.29) is 11.1 Å². The Morgan fingerprint density at radius 1 is 0.750 bits per heavy atom. The number of amidine groups is 1. The summed E-state index contributed by atoms with van der Waals surface area (Å²) >= 11 is 0. The summed E-state index contributed by atoms with van der Waals surface area (Å²) in [4.78, 5) is 2.81. The van der Waals surface area contributed by atoms with Crippen molar-refractivity contribution >= 4 is 11.5 Å². The fourth-order valence-electron chi connectivity index (χ4n) is 6.71. The molecule has 0 N–H and O–H groups in total. The summed E-state index contributed by atoms with van der Waals surface area (Å²) in [6.07, 6.45) is 1.07. The second-order valence-electron chi connectivity index (χ2n) is 11.6. The quantitative estimate of drug-likeness (QED) is 0.445. The van der Waals surface area contributed by atoms with Crippen LogP contribution in [0.1, 0.15) is 103 Å². The van der Waals surface area contributed by atoms with E-state index in [9.17, 15) is 0 Å². The highest BCUT2D eigenvalue weighted by Gasteiger charge is 2.70. The van der Waals surface area contributed by atoms with Gasteiger partial charge in [0, 0.05) is 23.1 Å².